The minimum absolute atomic E-state index is 0.373. The Morgan fingerprint density at radius 1 is 1.21 bits per heavy atom. The lowest BCUT2D eigenvalue weighted by molar-refractivity contribution is -0.0757. The molecule has 0 saturated carbocycles. The number of aromatic nitrogens is 2. The van der Waals surface area contributed by atoms with Crippen LogP contribution in [0.2, 0.25) is 0 Å². The minimum Gasteiger partial charge on any atom is -0.477 e. The van der Waals surface area contributed by atoms with Crippen molar-refractivity contribution >= 4 is 33.9 Å². The predicted molar refractivity (Wildman–Crippen MR) is 108 cm³/mol. The summed E-state index contributed by atoms with van der Waals surface area (Å²) in [7, 11) is 0. The summed E-state index contributed by atoms with van der Waals surface area (Å²) in [4.78, 5) is 15.3. The first-order valence-electron chi connectivity index (χ1n) is 9.55. The third-order valence-corrected chi connectivity index (χ3v) is 7.12. The zero-order chi connectivity index (χ0) is 19.3. The van der Waals surface area contributed by atoms with Gasteiger partial charge in [0.25, 0.3) is 0 Å². The highest BCUT2D eigenvalue weighted by Gasteiger charge is 2.42. The summed E-state index contributed by atoms with van der Waals surface area (Å²) in [6, 6.07) is 10.1. The van der Waals surface area contributed by atoms with Crippen LogP contribution in [-0.2, 0) is 16.8 Å². The molecule has 28 heavy (non-hydrogen) atoms. The summed E-state index contributed by atoms with van der Waals surface area (Å²) < 4.78 is 6.27. The summed E-state index contributed by atoms with van der Waals surface area (Å²) in [5.74, 6) is 0.0667. The lowest BCUT2D eigenvalue weighted by Gasteiger charge is -2.44. The number of nitrogens with zero attached hydrogens (tertiary/aromatic N) is 3. The predicted octanol–water partition coefficient (Wildman–Crippen LogP) is 3.77. The van der Waals surface area contributed by atoms with Crippen molar-refractivity contribution in [3.05, 3.63) is 51.3 Å². The normalized spacial score (nSPS) is 18.4. The fraction of sp³-hybridized carbons (Fsp3) is 0.381. The fourth-order valence-corrected chi connectivity index (χ4v) is 5.54. The molecule has 0 bridgehead atoms. The Morgan fingerprint density at radius 3 is 2.71 bits per heavy atom. The molecule has 1 aromatic carbocycles. The van der Waals surface area contributed by atoms with E-state index in [4.69, 9.17) is 4.74 Å². The molecule has 144 valence electrons. The van der Waals surface area contributed by atoms with E-state index in [1.165, 1.54) is 11.3 Å². The number of benzene rings is 1. The zero-order valence-electron chi connectivity index (χ0n) is 15.6. The Bertz CT molecular complexity index is 1070. The third-order valence-electron chi connectivity index (χ3n) is 5.94. The molecule has 4 heterocycles. The number of rotatable bonds is 2. The number of fused-ring (bicyclic) bond motifs is 3. The van der Waals surface area contributed by atoms with Crippen LogP contribution in [0, 0.1) is 6.92 Å². The van der Waals surface area contributed by atoms with Crippen LogP contribution in [0.25, 0.3) is 10.8 Å². The number of carboxylic acids is 1. The van der Waals surface area contributed by atoms with Crippen molar-refractivity contribution in [2.75, 3.05) is 24.6 Å². The van der Waals surface area contributed by atoms with Gasteiger partial charge in [0.1, 0.15) is 4.88 Å². The topological polar surface area (TPSA) is 75.5 Å². The van der Waals surface area contributed by atoms with Crippen LogP contribution >= 0.6 is 11.3 Å². The summed E-state index contributed by atoms with van der Waals surface area (Å²) in [5.41, 5.74) is 1.65. The van der Waals surface area contributed by atoms with Gasteiger partial charge in [-0.3, -0.25) is 0 Å². The average molecular weight is 395 g/mol. The zero-order valence-corrected chi connectivity index (χ0v) is 16.5. The van der Waals surface area contributed by atoms with Crippen LogP contribution in [-0.4, -0.2) is 41.0 Å². The molecule has 3 aromatic rings. The maximum absolute atomic E-state index is 11.4. The minimum atomic E-state index is -0.853. The monoisotopic (exact) mass is 395 g/mol. The fourth-order valence-electron chi connectivity index (χ4n) is 4.47. The van der Waals surface area contributed by atoms with Gasteiger partial charge in [-0.2, -0.15) is 5.10 Å². The van der Waals surface area contributed by atoms with Gasteiger partial charge in [0, 0.05) is 35.2 Å². The maximum atomic E-state index is 11.4. The van der Waals surface area contributed by atoms with Gasteiger partial charge in [-0.15, -0.1) is 16.4 Å². The summed E-state index contributed by atoms with van der Waals surface area (Å²) in [6.07, 6.45) is 2.44. The van der Waals surface area contributed by atoms with Crippen LogP contribution in [0.4, 0.5) is 5.82 Å². The molecular formula is C21H21N3O3S. The number of thiophene rings is 1. The molecule has 7 heteroatoms. The Balaban J connectivity index is 1.45. The highest BCUT2D eigenvalue weighted by atomic mass is 32.1. The first kappa shape index (κ1) is 17.6. The van der Waals surface area contributed by atoms with Crippen LogP contribution < -0.4 is 4.90 Å². The van der Waals surface area contributed by atoms with Crippen molar-refractivity contribution in [2.45, 2.75) is 31.8 Å². The van der Waals surface area contributed by atoms with E-state index in [1.807, 2.05) is 25.1 Å². The molecule has 2 aliphatic heterocycles. The number of aromatic carboxylic acids is 1. The Morgan fingerprint density at radius 2 is 1.96 bits per heavy atom. The molecule has 5 rings (SSSR count). The van der Waals surface area contributed by atoms with E-state index in [0.717, 1.165) is 65.1 Å². The smallest absolute Gasteiger partial charge is 0.345 e. The molecular weight excluding hydrogens is 374 g/mol. The molecule has 2 aromatic heterocycles. The molecule has 6 nitrogen and oxygen atoms in total. The van der Waals surface area contributed by atoms with Crippen LogP contribution in [0.5, 0.6) is 0 Å². The number of piperidine rings is 1. The van der Waals surface area contributed by atoms with E-state index in [-0.39, 0.29) is 5.60 Å². The number of hydrogen-bond acceptors (Lipinski definition) is 6. The van der Waals surface area contributed by atoms with E-state index < -0.39 is 5.97 Å². The summed E-state index contributed by atoms with van der Waals surface area (Å²) >= 11 is 1.40. The van der Waals surface area contributed by atoms with E-state index in [2.05, 4.69) is 27.2 Å². The molecule has 0 unspecified atom stereocenters. The first-order chi connectivity index (χ1) is 13.6. The van der Waals surface area contributed by atoms with Crippen LogP contribution in [0.3, 0.4) is 0 Å². The maximum Gasteiger partial charge on any atom is 0.345 e. The Hall–Kier alpha value is -2.51. The van der Waals surface area contributed by atoms with Gasteiger partial charge in [0.15, 0.2) is 5.82 Å². The van der Waals surface area contributed by atoms with Gasteiger partial charge in [-0.1, -0.05) is 24.3 Å². The molecule has 1 spiro atoms. The van der Waals surface area contributed by atoms with Crippen LogP contribution in [0.1, 0.15) is 38.6 Å². The molecule has 1 N–H and O–H groups in total. The standard InChI is InChI=1S/C21H21N3O3S/c1-13-14-4-2-3-5-15(14)19(23-22-13)24-9-7-21(8-10-24)16-12-18(20(25)26)28-17(16)6-11-27-21/h2-5,12H,6-11H2,1H3,(H,25,26). The van der Waals surface area contributed by atoms with E-state index in [1.54, 1.807) is 0 Å². The van der Waals surface area contributed by atoms with Gasteiger partial charge in [-0.05, 0) is 31.4 Å². The number of carbonyl (C=O) groups is 1. The molecule has 1 saturated heterocycles. The number of carboxylic acid groups (broad SMARTS) is 1. The number of aryl methyl sites for hydroxylation is 1. The number of ether oxygens (including phenoxy) is 1. The van der Waals surface area contributed by atoms with Crippen molar-refractivity contribution < 1.29 is 14.6 Å². The largest absolute Gasteiger partial charge is 0.477 e. The molecule has 0 atom stereocenters. The second kappa shape index (κ2) is 6.53. The Labute approximate surface area is 166 Å². The van der Waals surface area contributed by atoms with Gasteiger partial charge < -0.3 is 14.7 Å². The lowest BCUT2D eigenvalue weighted by atomic mass is 9.82. The number of anilines is 1. The highest BCUT2D eigenvalue weighted by molar-refractivity contribution is 7.14. The SMILES string of the molecule is Cc1nnc(N2CCC3(CC2)OCCc2sc(C(=O)O)cc23)c2ccccc12. The molecule has 1 fully saturated rings. The van der Waals surface area contributed by atoms with Crippen molar-refractivity contribution in [2.24, 2.45) is 0 Å². The van der Waals surface area contributed by atoms with E-state index >= 15 is 0 Å². The van der Waals surface area contributed by atoms with Gasteiger partial charge >= 0.3 is 5.97 Å². The quantitative estimate of drug-likeness (QED) is 0.712. The molecule has 0 amide bonds. The molecule has 0 radical (unpaired) electrons. The second-order valence-corrected chi connectivity index (χ2v) is 8.62. The van der Waals surface area contributed by atoms with Gasteiger partial charge in [0.05, 0.1) is 17.9 Å². The summed E-state index contributed by atoms with van der Waals surface area (Å²) in [5, 5.41) is 20.5. The van der Waals surface area contributed by atoms with E-state index in [9.17, 15) is 9.90 Å². The van der Waals surface area contributed by atoms with Crippen LogP contribution in [0.15, 0.2) is 30.3 Å². The highest BCUT2D eigenvalue weighted by Crippen LogP contribution is 2.45. The first-order valence-corrected chi connectivity index (χ1v) is 10.4. The Kier molecular flexibility index (Phi) is 4.10. The molecule has 0 aliphatic carbocycles. The van der Waals surface area contributed by atoms with Gasteiger partial charge in [0.2, 0.25) is 0 Å². The van der Waals surface area contributed by atoms with Crippen molar-refractivity contribution in [1.29, 1.82) is 0 Å². The second-order valence-electron chi connectivity index (χ2n) is 7.49. The number of hydrogen-bond donors (Lipinski definition) is 1. The summed E-state index contributed by atoms with van der Waals surface area (Å²) in [6.45, 7) is 4.25. The van der Waals surface area contributed by atoms with Crippen molar-refractivity contribution in [3.8, 4) is 0 Å². The van der Waals surface area contributed by atoms with E-state index in [0.29, 0.717) is 11.5 Å². The molecule has 2 aliphatic rings. The average Bonchev–Trinajstić information content (AvgIpc) is 3.16. The lowest BCUT2D eigenvalue weighted by Crippen LogP contribution is -2.46. The van der Waals surface area contributed by atoms with Gasteiger partial charge in [-0.25, -0.2) is 4.79 Å². The van der Waals surface area contributed by atoms with Crippen molar-refractivity contribution in [1.82, 2.24) is 10.2 Å². The van der Waals surface area contributed by atoms with Crippen molar-refractivity contribution in [3.63, 3.8) is 0 Å². The third kappa shape index (κ3) is 2.69.